The Hall–Kier alpha value is -3.55. The van der Waals surface area contributed by atoms with E-state index in [4.69, 9.17) is 0 Å². The van der Waals surface area contributed by atoms with Crippen LogP contribution in [0.1, 0.15) is 29.7 Å². The molecule has 0 aliphatic heterocycles. The van der Waals surface area contributed by atoms with Crippen LogP contribution < -0.4 is 10.9 Å². The van der Waals surface area contributed by atoms with E-state index in [1.807, 2.05) is 39.0 Å². The van der Waals surface area contributed by atoms with E-state index in [0.29, 0.717) is 5.52 Å². The molecule has 0 bridgehead atoms. The maximum absolute atomic E-state index is 12.6. The number of non-ortho nitro benzene ring substituents is 1. The van der Waals surface area contributed by atoms with Crippen molar-refractivity contribution in [1.82, 2.24) is 14.9 Å². The maximum Gasteiger partial charge on any atom is 0.270 e. The van der Waals surface area contributed by atoms with E-state index in [0.717, 1.165) is 15.7 Å². The summed E-state index contributed by atoms with van der Waals surface area (Å²) >= 11 is 0. The number of aryl methyl sites for hydroxylation is 2. The second kappa shape index (κ2) is 7.59. The van der Waals surface area contributed by atoms with Crippen molar-refractivity contribution >= 4 is 22.5 Å². The molecule has 0 spiro atoms. The lowest BCUT2D eigenvalue weighted by Crippen LogP contribution is -2.34. The second-order valence-corrected chi connectivity index (χ2v) is 6.77. The number of nitro groups is 1. The first-order valence-corrected chi connectivity index (χ1v) is 8.76. The third kappa shape index (κ3) is 3.90. The molecule has 1 amide bonds. The van der Waals surface area contributed by atoms with Crippen molar-refractivity contribution in [3.8, 4) is 0 Å². The maximum atomic E-state index is 12.6. The number of carbonyl (C=O) groups is 1. The normalized spacial score (nSPS) is 12.0. The van der Waals surface area contributed by atoms with Crippen molar-refractivity contribution < 1.29 is 9.72 Å². The summed E-state index contributed by atoms with van der Waals surface area (Å²) in [5.74, 6) is -0.348. The number of benzene rings is 2. The first-order valence-electron chi connectivity index (χ1n) is 8.76. The number of nitrogens with zero attached hydrogens (tertiary/aromatic N) is 3. The van der Waals surface area contributed by atoms with Crippen molar-refractivity contribution in [2.75, 3.05) is 0 Å². The van der Waals surface area contributed by atoms with Crippen molar-refractivity contribution in [3.05, 3.63) is 79.9 Å². The van der Waals surface area contributed by atoms with Crippen molar-refractivity contribution in [2.45, 2.75) is 33.4 Å². The van der Waals surface area contributed by atoms with Gasteiger partial charge in [0.05, 0.1) is 28.2 Å². The van der Waals surface area contributed by atoms with E-state index in [1.165, 1.54) is 30.1 Å². The smallest absolute Gasteiger partial charge is 0.270 e. The van der Waals surface area contributed by atoms with Gasteiger partial charge in [-0.15, -0.1) is 0 Å². The molecule has 3 aromatic rings. The predicted octanol–water partition coefficient (Wildman–Crippen LogP) is 2.80. The molecule has 0 aliphatic carbocycles. The highest BCUT2D eigenvalue weighted by Gasteiger charge is 2.14. The highest BCUT2D eigenvalue weighted by Crippen LogP contribution is 2.17. The van der Waals surface area contributed by atoms with Gasteiger partial charge in [0.1, 0.15) is 6.54 Å². The number of fused-ring (bicyclic) bond motifs is 1. The molecule has 1 atom stereocenters. The fourth-order valence-corrected chi connectivity index (χ4v) is 2.93. The molecule has 144 valence electrons. The Morgan fingerprint density at radius 1 is 1.21 bits per heavy atom. The Morgan fingerprint density at radius 3 is 2.64 bits per heavy atom. The minimum absolute atomic E-state index is 0.103. The summed E-state index contributed by atoms with van der Waals surface area (Å²) in [6, 6.07) is 9.63. The summed E-state index contributed by atoms with van der Waals surface area (Å²) in [4.78, 5) is 39.5. The molecule has 0 radical (unpaired) electrons. The van der Waals surface area contributed by atoms with E-state index in [9.17, 15) is 19.7 Å². The standard InChI is InChI=1S/C20H20N4O4/c1-12-4-5-15(8-13(12)2)14(3)22-19(25)10-23-11-21-18-7-6-16(24(27)28)9-17(18)20(23)26/h4-9,11,14H,10H2,1-3H3,(H,22,25)/t14-/m1/s1. The third-order valence-electron chi connectivity index (χ3n) is 4.74. The molecule has 1 N–H and O–H groups in total. The Bertz CT molecular complexity index is 1140. The van der Waals surface area contributed by atoms with Gasteiger partial charge >= 0.3 is 0 Å². The highest BCUT2D eigenvalue weighted by molar-refractivity contribution is 5.81. The second-order valence-electron chi connectivity index (χ2n) is 6.77. The Morgan fingerprint density at radius 2 is 1.96 bits per heavy atom. The minimum atomic E-state index is -0.575. The van der Waals surface area contributed by atoms with E-state index in [-0.39, 0.29) is 29.6 Å². The molecule has 0 saturated carbocycles. The number of rotatable bonds is 5. The van der Waals surface area contributed by atoms with Crippen molar-refractivity contribution in [2.24, 2.45) is 0 Å². The number of hydrogen-bond donors (Lipinski definition) is 1. The van der Waals surface area contributed by atoms with Gasteiger partial charge in [0.25, 0.3) is 11.2 Å². The van der Waals surface area contributed by atoms with Gasteiger partial charge in [0.15, 0.2) is 0 Å². The van der Waals surface area contributed by atoms with E-state index in [2.05, 4.69) is 10.3 Å². The summed E-state index contributed by atoms with van der Waals surface area (Å²) in [7, 11) is 0. The molecule has 0 saturated heterocycles. The first-order chi connectivity index (χ1) is 13.3. The van der Waals surface area contributed by atoms with Gasteiger partial charge in [-0.05, 0) is 43.5 Å². The minimum Gasteiger partial charge on any atom is -0.348 e. The predicted molar refractivity (Wildman–Crippen MR) is 105 cm³/mol. The molecule has 8 nitrogen and oxygen atoms in total. The van der Waals surface area contributed by atoms with Crippen LogP contribution in [0.4, 0.5) is 5.69 Å². The SMILES string of the molecule is Cc1ccc([C@@H](C)NC(=O)Cn2cnc3ccc([N+](=O)[O-])cc3c2=O)cc1C. The molecule has 1 heterocycles. The lowest BCUT2D eigenvalue weighted by atomic mass is 10.0. The monoisotopic (exact) mass is 380 g/mol. The molecule has 0 unspecified atom stereocenters. The van der Waals surface area contributed by atoms with Crippen LogP contribution in [-0.2, 0) is 11.3 Å². The third-order valence-corrected chi connectivity index (χ3v) is 4.74. The Kier molecular flexibility index (Phi) is 5.21. The number of carbonyl (C=O) groups excluding carboxylic acids is 1. The van der Waals surface area contributed by atoms with Crippen LogP contribution in [0.3, 0.4) is 0 Å². The van der Waals surface area contributed by atoms with Gasteiger partial charge in [0.2, 0.25) is 5.91 Å². The zero-order valence-electron chi connectivity index (χ0n) is 15.8. The molecule has 1 aromatic heterocycles. The summed E-state index contributed by atoms with van der Waals surface area (Å²) < 4.78 is 1.15. The quantitative estimate of drug-likeness (QED) is 0.541. The van der Waals surface area contributed by atoms with Gasteiger partial charge in [-0.3, -0.25) is 24.3 Å². The molecule has 28 heavy (non-hydrogen) atoms. The van der Waals surface area contributed by atoms with Gasteiger partial charge in [0, 0.05) is 12.1 Å². The van der Waals surface area contributed by atoms with Gasteiger partial charge in [-0.2, -0.15) is 0 Å². The van der Waals surface area contributed by atoms with Crippen LogP contribution in [-0.4, -0.2) is 20.4 Å². The average Bonchev–Trinajstić information content (AvgIpc) is 2.65. The van der Waals surface area contributed by atoms with Crippen LogP contribution in [0.2, 0.25) is 0 Å². The van der Waals surface area contributed by atoms with Gasteiger partial charge < -0.3 is 5.32 Å². The Labute approximate surface area is 161 Å². The zero-order chi connectivity index (χ0) is 20.4. The molecule has 3 rings (SSSR count). The average molecular weight is 380 g/mol. The summed E-state index contributed by atoms with van der Waals surface area (Å²) in [5, 5.41) is 13.9. The lowest BCUT2D eigenvalue weighted by Gasteiger charge is -2.16. The van der Waals surface area contributed by atoms with Gasteiger partial charge in [-0.1, -0.05) is 18.2 Å². The van der Waals surface area contributed by atoms with E-state index < -0.39 is 10.5 Å². The fraction of sp³-hybridized carbons (Fsp3) is 0.250. The van der Waals surface area contributed by atoms with Crippen molar-refractivity contribution in [1.29, 1.82) is 0 Å². The molecule has 0 fully saturated rings. The van der Waals surface area contributed by atoms with Crippen LogP contribution in [0, 0.1) is 24.0 Å². The van der Waals surface area contributed by atoms with Crippen LogP contribution in [0.25, 0.3) is 10.9 Å². The first kappa shape index (κ1) is 19.2. The molecule has 2 aromatic carbocycles. The number of nitrogens with one attached hydrogen (secondary N) is 1. The van der Waals surface area contributed by atoms with Gasteiger partial charge in [-0.25, -0.2) is 4.98 Å². The lowest BCUT2D eigenvalue weighted by molar-refractivity contribution is -0.384. The largest absolute Gasteiger partial charge is 0.348 e. The van der Waals surface area contributed by atoms with Crippen LogP contribution >= 0.6 is 0 Å². The number of amides is 1. The highest BCUT2D eigenvalue weighted by atomic mass is 16.6. The van der Waals surface area contributed by atoms with Crippen LogP contribution in [0.5, 0.6) is 0 Å². The van der Waals surface area contributed by atoms with E-state index in [1.54, 1.807) is 0 Å². The molecule has 8 heteroatoms. The Balaban J connectivity index is 1.80. The summed E-state index contributed by atoms with van der Waals surface area (Å²) in [5.41, 5.74) is 2.92. The summed E-state index contributed by atoms with van der Waals surface area (Å²) in [6.07, 6.45) is 1.27. The van der Waals surface area contributed by atoms with Crippen LogP contribution in [0.15, 0.2) is 47.5 Å². The topological polar surface area (TPSA) is 107 Å². The molecule has 0 aliphatic rings. The number of aromatic nitrogens is 2. The molecular formula is C20H20N4O4. The van der Waals surface area contributed by atoms with E-state index >= 15 is 0 Å². The van der Waals surface area contributed by atoms with Crippen molar-refractivity contribution in [3.63, 3.8) is 0 Å². The summed E-state index contributed by atoms with van der Waals surface area (Å²) in [6.45, 7) is 5.67. The fourth-order valence-electron chi connectivity index (χ4n) is 2.93. The zero-order valence-corrected chi connectivity index (χ0v) is 15.8. The number of hydrogen-bond acceptors (Lipinski definition) is 5. The molecular weight excluding hydrogens is 360 g/mol. The number of nitro benzene ring substituents is 1.